The van der Waals surface area contributed by atoms with E-state index in [-0.39, 0.29) is 5.02 Å². The summed E-state index contributed by atoms with van der Waals surface area (Å²) in [7, 11) is 0. The quantitative estimate of drug-likeness (QED) is 0.912. The molecule has 90 valence electrons. The molecule has 0 spiro atoms. The Kier molecular flexibility index (Phi) is 3.71. The van der Waals surface area contributed by atoms with E-state index < -0.39 is 5.82 Å². The van der Waals surface area contributed by atoms with Crippen molar-refractivity contribution >= 4 is 11.6 Å². The first-order valence-electron chi connectivity index (χ1n) is 5.09. The lowest BCUT2D eigenvalue weighted by Gasteiger charge is -2.03. The minimum atomic E-state index is -0.413. The third kappa shape index (κ3) is 3.25. The molecule has 0 bridgehead atoms. The predicted octanol–water partition coefficient (Wildman–Crippen LogP) is 2.46. The van der Waals surface area contributed by atoms with E-state index in [4.69, 9.17) is 16.1 Å². The summed E-state index contributed by atoms with van der Waals surface area (Å²) < 4.78 is 17.7. The van der Waals surface area contributed by atoms with Gasteiger partial charge in [0.2, 0.25) is 5.89 Å². The number of aryl methyl sites for hydroxylation is 1. The van der Waals surface area contributed by atoms with Gasteiger partial charge in [-0.3, -0.25) is 0 Å². The van der Waals surface area contributed by atoms with Crippen LogP contribution in [0, 0.1) is 12.7 Å². The van der Waals surface area contributed by atoms with E-state index in [0.29, 0.717) is 24.8 Å². The standard InChI is InChI=1S/C11H11ClFN3O/c1-7-15-11(16-17-7)6-14-5-8-2-3-10(13)9(12)4-8/h2-4,14H,5-6H2,1H3. The first kappa shape index (κ1) is 12.0. The maximum atomic E-state index is 12.9. The number of hydrogen-bond donors (Lipinski definition) is 1. The molecule has 0 saturated heterocycles. The summed E-state index contributed by atoms with van der Waals surface area (Å²) in [5.41, 5.74) is 0.900. The zero-order valence-corrected chi connectivity index (χ0v) is 9.96. The monoisotopic (exact) mass is 255 g/mol. The van der Waals surface area contributed by atoms with Crippen LogP contribution in [0.15, 0.2) is 22.7 Å². The SMILES string of the molecule is Cc1nc(CNCc2ccc(F)c(Cl)c2)no1. The largest absolute Gasteiger partial charge is 0.340 e. The molecule has 0 aliphatic rings. The Morgan fingerprint density at radius 2 is 2.24 bits per heavy atom. The number of benzene rings is 1. The van der Waals surface area contributed by atoms with Crippen molar-refractivity contribution in [2.24, 2.45) is 0 Å². The van der Waals surface area contributed by atoms with Gasteiger partial charge >= 0.3 is 0 Å². The van der Waals surface area contributed by atoms with E-state index in [1.807, 2.05) is 0 Å². The first-order chi connectivity index (χ1) is 8.15. The summed E-state index contributed by atoms with van der Waals surface area (Å²) in [4.78, 5) is 4.05. The van der Waals surface area contributed by atoms with Gasteiger partial charge in [-0.1, -0.05) is 22.8 Å². The average molecular weight is 256 g/mol. The third-order valence-corrected chi connectivity index (χ3v) is 2.46. The highest BCUT2D eigenvalue weighted by molar-refractivity contribution is 6.30. The molecule has 2 rings (SSSR count). The van der Waals surface area contributed by atoms with E-state index in [1.54, 1.807) is 19.1 Å². The number of halogens is 2. The van der Waals surface area contributed by atoms with Crippen molar-refractivity contribution < 1.29 is 8.91 Å². The lowest BCUT2D eigenvalue weighted by Crippen LogP contribution is -2.13. The summed E-state index contributed by atoms with van der Waals surface area (Å²) in [6.45, 7) is 2.79. The van der Waals surface area contributed by atoms with Gasteiger partial charge in [0.25, 0.3) is 0 Å². The lowest BCUT2D eigenvalue weighted by molar-refractivity contribution is 0.385. The second-order valence-corrected chi connectivity index (χ2v) is 3.99. The van der Waals surface area contributed by atoms with Gasteiger partial charge in [-0.25, -0.2) is 4.39 Å². The molecule has 0 unspecified atom stereocenters. The smallest absolute Gasteiger partial charge is 0.223 e. The Bertz CT molecular complexity index is 515. The van der Waals surface area contributed by atoms with E-state index in [1.165, 1.54) is 6.07 Å². The van der Waals surface area contributed by atoms with Gasteiger partial charge in [0.1, 0.15) is 5.82 Å². The van der Waals surface area contributed by atoms with E-state index >= 15 is 0 Å². The van der Waals surface area contributed by atoms with Crippen LogP contribution in [0.1, 0.15) is 17.3 Å². The average Bonchev–Trinajstić information content (AvgIpc) is 2.70. The van der Waals surface area contributed by atoms with E-state index in [2.05, 4.69) is 15.5 Å². The van der Waals surface area contributed by atoms with Crippen LogP contribution in [-0.4, -0.2) is 10.1 Å². The molecule has 0 saturated carbocycles. The zero-order valence-electron chi connectivity index (χ0n) is 9.20. The first-order valence-corrected chi connectivity index (χ1v) is 5.47. The Balaban J connectivity index is 1.87. The molecule has 0 amide bonds. The summed E-state index contributed by atoms with van der Waals surface area (Å²) in [5.74, 6) is 0.714. The molecule has 17 heavy (non-hydrogen) atoms. The van der Waals surface area contributed by atoms with Crippen LogP contribution in [0.3, 0.4) is 0 Å². The minimum absolute atomic E-state index is 0.125. The van der Waals surface area contributed by atoms with Gasteiger partial charge in [-0.15, -0.1) is 0 Å². The number of aromatic nitrogens is 2. The maximum absolute atomic E-state index is 12.9. The van der Waals surface area contributed by atoms with Gasteiger partial charge < -0.3 is 9.84 Å². The van der Waals surface area contributed by atoms with Crippen LogP contribution in [0.2, 0.25) is 5.02 Å². The number of nitrogens with one attached hydrogen (secondary N) is 1. The highest BCUT2D eigenvalue weighted by atomic mass is 35.5. The van der Waals surface area contributed by atoms with Gasteiger partial charge in [-0.2, -0.15) is 4.98 Å². The summed E-state index contributed by atoms with van der Waals surface area (Å²) in [6.07, 6.45) is 0. The highest BCUT2D eigenvalue weighted by Crippen LogP contribution is 2.15. The molecule has 4 nitrogen and oxygen atoms in total. The summed E-state index contributed by atoms with van der Waals surface area (Å²) >= 11 is 5.67. The molecule has 1 aromatic carbocycles. The summed E-state index contributed by atoms with van der Waals surface area (Å²) in [6, 6.07) is 4.61. The van der Waals surface area contributed by atoms with E-state index in [0.717, 1.165) is 5.56 Å². The fourth-order valence-corrected chi connectivity index (χ4v) is 1.58. The van der Waals surface area contributed by atoms with Crippen molar-refractivity contribution in [1.82, 2.24) is 15.5 Å². The fraction of sp³-hybridized carbons (Fsp3) is 0.273. The molecular weight excluding hydrogens is 245 g/mol. The second-order valence-electron chi connectivity index (χ2n) is 3.58. The van der Waals surface area contributed by atoms with Crippen molar-refractivity contribution in [3.63, 3.8) is 0 Å². The Morgan fingerprint density at radius 3 is 2.88 bits per heavy atom. The predicted molar refractivity (Wildman–Crippen MR) is 61.0 cm³/mol. The normalized spacial score (nSPS) is 10.8. The van der Waals surface area contributed by atoms with Crippen molar-refractivity contribution in [2.75, 3.05) is 0 Å². The van der Waals surface area contributed by atoms with Gasteiger partial charge in [0.15, 0.2) is 5.82 Å². The van der Waals surface area contributed by atoms with Crippen molar-refractivity contribution in [1.29, 1.82) is 0 Å². The molecule has 2 aromatic rings. The Hall–Kier alpha value is -1.46. The van der Waals surface area contributed by atoms with Gasteiger partial charge in [0.05, 0.1) is 11.6 Å². The zero-order chi connectivity index (χ0) is 12.3. The molecule has 1 heterocycles. The molecule has 0 atom stereocenters. The second kappa shape index (κ2) is 5.25. The van der Waals surface area contributed by atoms with Crippen LogP contribution in [0.4, 0.5) is 4.39 Å². The molecule has 0 fully saturated rings. The van der Waals surface area contributed by atoms with Crippen LogP contribution >= 0.6 is 11.6 Å². The highest BCUT2D eigenvalue weighted by Gasteiger charge is 2.03. The van der Waals surface area contributed by atoms with Crippen LogP contribution in [0.25, 0.3) is 0 Å². The summed E-state index contributed by atoms with van der Waals surface area (Å²) in [5, 5.41) is 6.98. The molecule has 0 radical (unpaired) electrons. The molecule has 1 aromatic heterocycles. The Morgan fingerprint density at radius 1 is 1.41 bits per heavy atom. The van der Waals surface area contributed by atoms with Crippen LogP contribution in [0.5, 0.6) is 0 Å². The maximum Gasteiger partial charge on any atom is 0.223 e. The molecular formula is C11H11ClFN3O. The molecule has 0 aliphatic carbocycles. The Labute approximate surface area is 103 Å². The topological polar surface area (TPSA) is 51.0 Å². The lowest BCUT2D eigenvalue weighted by atomic mass is 10.2. The van der Waals surface area contributed by atoms with Crippen LogP contribution in [-0.2, 0) is 13.1 Å². The van der Waals surface area contributed by atoms with Gasteiger partial charge in [-0.05, 0) is 17.7 Å². The van der Waals surface area contributed by atoms with Crippen LogP contribution < -0.4 is 5.32 Å². The minimum Gasteiger partial charge on any atom is -0.340 e. The fourth-order valence-electron chi connectivity index (χ4n) is 1.38. The third-order valence-electron chi connectivity index (χ3n) is 2.17. The molecule has 1 N–H and O–H groups in total. The molecule has 0 aliphatic heterocycles. The number of nitrogens with zero attached hydrogens (tertiary/aromatic N) is 2. The van der Waals surface area contributed by atoms with Crippen molar-refractivity contribution in [3.8, 4) is 0 Å². The number of rotatable bonds is 4. The van der Waals surface area contributed by atoms with Crippen molar-refractivity contribution in [2.45, 2.75) is 20.0 Å². The van der Waals surface area contributed by atoms with Crippen molar-refractivity contribution in [3.05, 3.63) is 46.3 Å². The molecule has 6 heteroatoms. The van der Waals surface area contributed by atoms with E-state index in [9.17, 15) is 4.39 Å². The van der Waals surface area contributed by atoms with Gasteiger partial charge in [0, 0.05) is 13.5 Å². The number of hydrogen-bond acceptors (Lipinski definition) is 4.